The number of carbonyl (C=O) groups excluding carboxylic acids is 1. The summed E-state index contributed by atoms with van der Waals surface area (Å²) in [5.41, 5.74) is 6.14. The lowest BCUT2D eigenvalue weighted by Gasteiger charge is -2.27. The van der Waals surface area contributed by atoms with Crippen LogP contribution in [0.5, 0.6) is 5.75 Å². The van der Waals surface area contributed by atoms with E-state index in [2.05, 4.69) is 9.73 Å². The van der Waals surface area contributed by atoms with Crippen molar-refractivity contribution in [2.24, 2.45) is 10.7 Å². The van der Waals surface area contributed by atoms with Crippen LogP contribution in [0.3, 0.4) is 0 Å². The van der Waals surface area contributed by atoms with Crippen molar-refractivity contribution in [1.29, 1.82) is 0 Å². The van der Waals surface area contributed by atoms with Crippen LogP contribution in [0.2, 0.25) is 0 Å². The molecule has 1 atom stereocenters. The number of ether oxygens (including phenoxy) is 1. The largest absolute Gasteiger partial charge is 0.435 e. The number of hydrogen-bond acceptors (Lipinski definition) is 4. The minimum absolute atomic E-state index is 0.0216. The molecule has 0 aromatic heterocycles. The van der Waals surface area contributed by atoms with Gasteiger partial charge in [0.1, 0.15) is 5.75 Å². The third kappa shape index (κ3) is 3.35. The lowest BCUT2D eigenvalue weighted by molar-refractivity contribution is -0.129. The van der Waals surface area contributed by atoms with Gasteiger partial charge in [-0.3, -0.25) is 9.69 Å². The molecule has 0 bridgehead atoms. The van der Waals surface area contributed by atoms with Crippen molar-refractivity contribution in [3.05, 3.63) is 65.2 Å². The van der Waals surface area contributed by atoms with Gasteiger partial charge in [-0.1, -0.05) is 36.4 Å². The molecule has 0 spiro atoms. The van der Waals surface area contributed by atoms with Crippen molar-refractivity contribution in [3.63, 3.8) is 0 Å². The lowest BCUT2D eigenvalue weighted by atomic mass is 9.82. The third-order valence-corrected chi connectivity index (χ3v) is 4.68. The number of hydrogen-bond donors (Lipinski definition) is 1. The van der Waals surface area contributed by atoms with E-state index in [1.54, 1.807) is 43.4 Å². The summed E-state index contributed by atoms with van der Waals surface area (Å²) in [7, 11) is 1.54. The average Bonchev–Trinajstić information content (AvgIpc) is 2.89. The Kier molecular flexibility index (Phi) is 5.32. The first-order chi connectivity index (χ1) is 12.9. The molecule has 1 aliphatic rings. The summed E-state index contributed by atoms with van der Waals surface area (Å²) < 4.78 is 30.0. The van der Waals surface area contributed by atoms with Gasteiger partial charge in [0.2, 0.25) is 0 Å². The highest BCUT2D eigenvalue weighted by Gasteiger charge is 2.49. The van der Waals surface area contributed by atoms with Crippen LogP contribution in [0.15, 0.2) is 53.5 Å². The van der Waals surface area contributed by atoms with Crippen molar-refractivity contribution >= 4 is 23.5 Å². The molecule has 3 rings (SSSR count). The standard InChI is InChI=1S/C19H18ClF2N3O2/c1-25-16(26)19(24-18(25)23,13-5-3-2-4-6-13)14-7-8-15(27-17(21)22)12(11-14)9-10-20/h2-8,11,17H,9-10H2,1H3,(H2,23,24)/t19-/m1/s1. The van der Waals surface area contributed by atoms with Crippen molar-refractivity contribution in [2.45, 2.75) is 18.6 Å². The van der Waals surface area contributed by atoms with Crippen LogP contribution in [0.1, 0.15) is 16.7 Å². The molecule has 8 heteroatoms. The molecule has 2 N–H and O–H groups in total. The molecule has 1 amide bonds. The van der Waals surface area contributed by atoms with Gasteiger partial charge in [-0.25, -0.2) is 4.99 Å². The molecule has 0 aliphatic carbocycles. The van der Waals surface area contributed by atoms with Gasteiger partial charge >= 0.3 is 6.61 Å². The average molecular weight is 394 g/mol. The molecule has 142 valence electrons. The van der Waals surface area contributed by atoms with E-state index in [1.165, 1.54) is 11.0 Å². The van der Waals surface area contributed by atoms with Crippen LogP contribution in [0.4, 0.5) is 8.78 Å². The number of rotatable bonds is 6. The maximum Gasteiger partial charge on any atom is 0.387 e. The number of carbonyl (C=O) groups is 1. The van der Waals surface area contributed by atoms with Gasteiger partial charge in [0, 0.05) is 12.9 Å². The van der Waals surface area contributed by atoms with Crippen LogP contribution in [0, 0.1) is 0 Å². The minimum atomic E-state index is -2.96. The van der Waals surface area contributed by atoms with E-state index < -0.39 is 12.2 Å². The van der Waals surface area contributed by atoms with Gasteiger partial charge < -0.3 is 10.5 Å². The monoisotopic (exact) mass is 393 g/mol. The van der Waals surface area contributed by atoms with E-state index in [0.717, 1.165) is 0 Å². The quantitative estimate of drug-likeness (QED) is 0.767. The molecule has 0 saturated heterocycles. The zero-order valence-corrected chi connectivity index (χ0v) is 15.3. The molecule has 0 unspecified atom stereocenters. The Balaban J connectivity index is 2.20. The smallest absolute Gasteiger partial charge is 0.387 e. The van der Waals surface area contributed by atoms with Gasteiger partial charge in [-0.05, 0) is 35.2 Å². The zero-order chi connectivity index (χ0) is 19.6. The Morgan fingerprint density at radius 2 is 1.93 bits per heavy atom. The van der Waals surface area contributed by atoms with Crippen LogP contribution in [0.25, 0.3) is 0 Å². The number of aliphatic imine (C=N–C) groups is 1. The number of likely N-dealkylation sites (N-methyl/N-ethyl adjacent to an activating group) is 1. The molecule has 5 nitrogen and oxygen atoms in total. The second-order valence-electron chi connectivity index (χ2n) is 6.05. The van der Waals surface area contributed by atoms with Gasteiger partial charge in [-0.2, -0.15) is 8.78 Å². The maximum atomic E-state index is 13.1. The minimum Gasteiger partial charge on any atom is -0.435 e. The zero-order valence-electron chi connectivity index (χ0n) is 14.5. The maximum absolute atomic E-state index is 13.1. The first kappa shape index (κ1) is 19.1. The van der Waals surface area contributed by atoms with Crippen LogP contribution in [-0.4, -0.2) is 36.3 Å². The summed E-state index contributed by atoms with van der Waals surface area (Å²) in [5, 5.41) is 0. The summed E-state index contributed by atoms with van der Waals surface area (Å²) >= 11 is 5.82. The molecule has 2 aromatic rings. The highest BCUT2D eigenvalue weighted by Crippen LogP contribution is 2.40. The Morgan fingerprint density at radius 1 is 1.22 bits per heavy atom. The van der Waals surface area contributed by atoms with E-state index in [1.807, 2.05) is 6.07 Å². The van der Waals surface area contributed by atoms with E-state index >= 15 is 0 Å². The number of alkyl halides is 3. The van der Waals surface area contributed by atoms with Crippen molar-refractivity contribution < 1.29 is 18.3 Å². The molecule has 1 heterocycles. The fourth-order valence-electron chi connectivity index (χ4n) is 3.18. The SMILES string of the molecule is CN1C(=O)[C@@](c2ccccc2)(c2ccc(OC(F)F)c(CCCl)c2)N=C1N. The fraction of sp³-hybridized carbons (Fsp3) is 0.263. The van der Waals surface area contributed by atoms with E-state index in [9.17, 15) is 13.6 Å². The second kappa shape index (κ2) is 7.52. The number of halogens is 3. The molecule has 0 saturated carbocycles. The van der Waals surface area contributed by atoms with E-state index in [-0.39, 0.29) is 23.5 Å². The van der Waals surface area contributed by atoms with Gasteiger partial charge in [0.25, 0.3) is 5.91 Å². The van der Waals surface area contributed by atoms with Gasteiger partial charge in [-0.15, -0.1) is 11.6 Å². The Hall–Kier alpha value is -2.67. The molecular formula is C19H18ClF2N3O2. The predicted molar refractivity (Wildman–Crippen MR) is 99.1 cm³/mol. The number of benzene rings is 2. The molecule has 0 radical (unpaired) electrons. The first-order valence-electron chi connectivity index (χ1n) is 8.23. The van der Waals surface area contributed by atoms with Crippen molar-refractivity contribution in [3.8, 4) is 5.75 Å². The van der Waals surface area contributed by atoms with Gasteiger partial charge in [0.15, 0.2) is 11.5 Å². The lowest BCUT2D eigenvalue weighted by Crippen LogP contribution is -2.41. The Bertz CT molecular complexity index is 877. The van der Waals surface area contributed by atoms with E-state index in [0.29, 0.717) is 23.1 Å². The van der Waals surface area contributed by atoms with E-state index in [4.69, 9.17) is 17.3 Å². The molecule has 27 heavy (non-hydrogen) atoms. The molecular weight excluding hydrogens is 376 g/mol. The van der Waals surface area contributed by atoms with Gasteiger partial charge in [0.05, 0.1) is 0 Å². The summed E-state index contributed by atoms with van der Waals surface area (Å²) in [6.07, 6.45) is 0.297. The number of aryl methyl sites for hydroxylation is 1. The number of nitrogens with two attached hydrogens (primary N) is 1. The van der Waals surface area contributed by atoms with Crippen LogP contribution < -0.4 is 10.5 Å². The second-order valence-corrected chi connectivity index (χ2v) is 6.43. The first-order valence-corrected chi connectivity index (χ1v) is 8.76. The molecule has 0 fully saturated rings. The Labute approximate surface area is 160 Å². The summed E-state index contributed by atoms with van der Waals surface area (Å²) in [4.78, 5) is 18.9. The molecule has 2 aromatic carbocycles. The number of nitrogens with zero attached hydrogens (tertiary/aromatic N) is 2. The summed E-state index contributed by atoms with van der Waals surface area (Å²) in [6, 6.07) is 13.6. The highest BCUT2D eigenvalue weighted by atomic mass is 35.5. The highest BCUT2D eigenvalue weighted by molar-refractivity contribution is 6.18. The Morgan fingerprint density at radius 3 is 2.48 bits per heavy atom. The number of guanidine groups is 1. The van der Waals surface area contributed by atoms with Crippen molar-refractivity contribution in [1.82, 2.24) is 4.90 Å². The summed E-state index contributed by atoms with van der Waals surface area (Å²) in [6.45, 7) is -2.96. The molecule has 1 aliphatic heterocycles. The fourth-order valence-corrected chi connectivity index (χ4v) is 3.38. The predicted octanol–water partition coefficient (Wildman–Crippen LogP) is 3.10. The summed E-state index contributed by atoms with van der Waals surface area (Å²) in [5.74, 6) is -0.0183. The van der Waals surface area contributed by atoms with Crippen LogP contribution >= 0.6 is 11.6 Å². The number of amides is 1. The normalized spacial score (nSPS) is 19.5. The van der Waals surface area contributed by atoms with Crippen molar-refractivity contribution in [2.75, 3.05) is 12.9 Å². The van der Waals surface area contributed by atoms with Crippen LogP contribution in [-0.2, 0) is 16.8 Å². The third-order valence-electron chi connectivity index (χ3n) is 4.49. The topological polar surface area (TPSA) is 67.9 Å².